The van der Waals surface area contributed by atoms with Crippen LogP contribution >= 0.6 is 0 Å². The fraction of sp³-hybridized carbons (Fsp3) is 0.231. The van der Waals surface area contributed by atoms with Crippen molar-refractivity contribution >= 4 is 12.1 Å². The normalized spacial score (nSPS) is 10.9. The van der Waals surface area contributed by atoms with Gasteiger partial charge in [-0.25, -0.2) is 4.99 Å². The molecule has 0 spiro atoms. The summed E-state index contributed by atoms with van der Waals surface area (Å²) in [4.78, 5) is 4.13. The highest BCUT2D eigenvalue weighted by molar-refractivity contribution is 5.78. The summed E-state index contributed by atoms with van der Waals surface area (Å²) < 4.78 is 10.7. The molecule has 0 aliphatic heterocycles. The van der Waals surface area contributed by atoms with Crippen molar-refractivity contribution in [1.29, 1.82) is 5.26 Å². The molecule has 4 nitrogen and oxygen atoms in total. The molecule has 17 heavy (non-hydrogen) atoms. The molecule has 0 N–H and O–H groups in total. The molecule has 2 rings (SSSR count). The molecule has 0 aliphatic carbocycles. The van der Waals surface area contributed by atoms with E-state index in [-0.39, 0.29) is 0 Å². The highest BCUT2D eigenvalue weighted by Gasteiger charge is 2.12. The van der Waals surface area contributed by atoms with Gasteiger partial charge in [-0.1, -0.05) is 0 Å². The molecular formula is C13H12N2O2. The standard InChI is InChI=1S/C13H12N2O2/c1-8-4-5-11(16-8)7-15-13-12(6-14)9(2)10(3)17-13/h4-5,7H,1-3H3. The molecule has 2 aromatic rings. The Morgan fingerprint density at radius 3 is 2.59 bits per heavy atom. The molecule has 0 fully saturated rings. The van der Waals surface area contributed by atoms with E-state index in [4.69, 9.17) is 14.1 Å². The lowest BCUT2D eigenvalue weighted by molar-refractivity contribution is 0.525. The number of aliphatic imine (C=N–C) groups is 1. The molecule has 0 amide bonds. The molecule has 4 heteroatoms. The molecule has 0 aromatic carbocycles. The van der Waals surface area contributed by atoms with Gasteiger partial charge < -0.3 is 8.83 Å². The van der Waals surface area contributed by atoms with E-state index in [1.54, 1.807) is 6.21 Å². The van der Waals surface area contributed by atoms with E-state index in [1.807, 2.05) is 32.9 Å². The van der Waals surface area contributed by atoms with Crippen molar-refractivity contribution in [2.75, 3.05) is 0 Å². The van der Waals surface area contributed by atoms with Crippen LogP contribution in [0.3, 0.4) is 0 Å². The van der Waals surface area contributed by atoms with Gasteiger partial charge in [0.2, 0.25) is 5.88 Å². The quantitative estimate of drug-likeness (QED) is 0.740. The largest absolute Gasteiger partial charge is 0.460 e. The zero-order valence-electron chi connectivity index (χ0n) is 9.94. The fourth-order valence-corrected chi connectivity index (χ4v) is 1.48. The molecule has 0 radical (unpaired) electrons. The lowest BCUT2D eigenvalue weighted by Gasteiger charge is -1.87. The minimum atomic E-state index is 0.330. The van der Waals surface area contributed by atoms with Gasteiger partial charge in [-0.3, -0.25) is 0 Å². The maximum absolute atomic E-state index is 9.01. The monoisotopic (exact) mass is 228 g/mol. The second kappa shape index (κ2) is 4.30. The van der Waals surface area contributed by atoms with E-state index < -0.39 is 0 Å². The number of nitrogens with zero attached hydrogens (tertiary/aromatic N) is 2. The zero-order chi connectivity index (χ0) is 12.4. The first kappa shape index (κ1) is 11.2. The van der Waals surface area contributed by atoms with Crippen LogP contribution in [-0.2, 0) is 0 Å². The van der Waals surface area contributed by atoms with E-state index in [0.717, 1.165) is 11.3 Å². The van der Waals surface area contributed by atoms with Crippen LogP contribution in [0, 0.1) is 32.1 Å². The van der Waals surface area contributed by atoms with E-state index in [9.17, 15) is 0 Å². The van der Waals surface area contributed by atoms with Crippen LogP contribution in [0.1, 0.15) is 28.4 Å². The Kier molecular flexibility index (Phi) is 2.84. The molecule has 0 bridgehead atoms. The van der Waals surface area contributed by atoms with Crippen LogP contribution in [0.4, 0.5) is 5.88 Å². The third-order valence-corrected chi connectivity index (χ3v) is 2.55. The Morgan fingerprint density at radius 2 is 2.00 bits per heavy atom. The van der Waals surface area contributed by atoms with Gasteiger partial charge in [0.1, 0.15) is 28.9 Å². The summed E-state index contributed by atoms with van der Waals surface area (Å²) in [6, 6.07) is 5.75. The molecule has 0 atom stereocenters. The number of furan rings is 2. The Labute approximate surface area is 99.2 Å². The van der Waals surface area contributed by atoms with Crippen molar-refractivity contribution in [3.8, 4) is 6.07 Å². The maximum Gasteiger partial charge on any atom is 0.237 e. The van der Waals surface area contributed by atoms with Crippen LogP contribution in [0.15, 0.2) is 26.0 Å². The summed E-state index contributed by atoms with van der Waals surface area (Å²) in [6.07, 6.45) is 1.55. The molecule has 86 valence electrons. The second-order valence-corrected chi connectivity index (χ2v) is 3.78. The van der Waals surface area contributed by atoms with E-state index in [0.29, 0.717) is 23.0 Å². The number of aryl methyl sites for hydroxylation is 2. The van der Waals surface area contributed by atoms with E-state index in [1.165, 1.54) is 0 Å². The average molecular weight is 228 g/mol. The van der Waals surface area contributed by atoms with Crippen LogP contribution in [0.2, 0.25) is 0 Å². The van der Waals surface area contributed by atoms with Crippen LogP contribution in [0.5, 0.6) is 0 Å². The number of rotatable bonds is 2. The summed E-state index contributed by atoms with van der Waals surface area (Å²) in [5, 5.41) is 9.01. The molecule has 0 saturated carbocycles. The highest BCUT2D eigenvalue weighted by atomic mass is 16.4. The first-order valence-electron chi connectivity index (χ1n) is 5.22. The van der Waals surface area contributed by atoms with Crippen molar-refractivity contribution < 1.29 is 8.83 Å². The number of hydrogen-bond acceptors (Lipinski definition) is 4. The first-order chi connectivity index (χ1) is 8.11. The van der Waals surface area contributed by atoms with Gasteiger partial charge >= 0.3 is 0 Å². The summed E-state index contributed by atoms with van der Waals surface area (Å²) in [5.41, 5.74) is 1.30. The van der Waals surface area contributed by atoms with Gasteiger partial charge in [-0.05, 0) is 32.9 Å². The molecule has 0 saturated heterocycles. The molecular weight excluding hydrogens is 216 g/mol. The van der Waals surface area contributed by atoms with Gasteiger partial charge in [0.15, 0.2) is 0 Å². The predicted molar refractivity (Wildman–Crippen MR) is 63.6 cm³/mol. The third-order valence-electron chi connectivity index (χ3n) is 2.55. The van der Waals surface area contributed by atoms with Crippen molar-refractivity contribution in [3.63, 3.8) is 0 Å². The van der Waals surface area contributed by atoms with Crippen LogP contribution in [0.25, 0.3) is 0 Å². The topological polar surface area (TPSA) is 62.4 Å². The Bertz CT molecular complexity index is 612. The van der Waals surface area contributed by atoms with Gasteiger partial charge in [0, 0.05) is 5.56 Å². The Morgan fingerprint density at radius 1 is 1.24 bits per heavy atom. The average Bonchev–Trinajstić information content (AvgIpc) is 2.82. The van der Waals surface area contributed by atoms with Crippen molar-refractivity contribution in [2.45, 2.75) is 20.8 Å². The van der Waals surface area contributed by atoms with Gasteiger partial charge in [0.05, 0.1) is 6.21 Å². The van der Waals surface area contributed by atoms with Gasteiger partial charge in [0.25, 0.3) is 0 Å². The Balaban J connectivity index is 2.34. The number of hydrogen-bond donors (Lipinski definition) is 0. The fourth-order valence-electron chi connectivity index (χ4n) is 1.48. The van der Waals surface area contributed by atoms with Crippen molar-refractivity contribution in [1.82, 2.24) is 0 Å². The molecule has 2 heterocycles. The van der Waals surface area contributed by atoms with Crippen LogP contribution in [-0.4, -0.2) is 6.21 Å². The second-order valence-electron chi connectivity index (χ2n) is 3.78. The zero-order valence-corrected chi connectivity index (χ0v) is 9.94. The molecule has 0 unspecified atom stereocenters. The summed E-state index contributed by atoms with van der Waals surface area (Å²) in [6.45, 7) is 5.51. The lowest BCUT2D eigenvalue weighted by Crippen LogP contribution is -1.77. The predicted octanol–water partition coefficient (Wildman–Crippen LogP) is 3.42. The van der Waals surface area contributed by atoms with Crippen molar-refractivity contribution in [2.24, 2.45) is 4.99 Å². The first-order valence-corrected chi connectivity index (χ1v) is 5.22. The summed E-state index contributed by atoms with van der Waals surface area (Å²) >= 11 is 0. The summed E-state index contributed by atoms with van der Waals surface area (Å²) in [5.74, 6) is 2.50. The number of nitriles is 1. The molecule has 0 aliphatic rings. The van der Waals surface area contributed by atoms with E-state index >= 15 is 0 Å². The Hall–Kier alpha value is -2.28. The lowest BCUT2D eigenvalue weighted by atomic mass is 10.2. The summed E-state index contributed by atoms with van der Waals surface area (Å²) in [7, 11) is 0. The van der Waals surface area contributed by atoms with Gasteiger partial charge in [-0.15, -0.1) is 0 Å². The maximum atomic E-state index is 9.01. The minimum absolute atomic E-state index is 0.330. The van der Waals surface area contributed by atoms with Crippen LogP contribution < -0.4 is 0 Å². The van der Waals surface area contributed by atoms with Crippen molar-refractivity contribution in [3.05, 3.63) is 40.5 Å². The minimum Gasteiger partial charge on any atom is -0.460 e. The van der Waals surface area contributed by atoms with E-state index in [2.05, 4.69) is 11.1 Å². The van der Waals surface area contributed by atoms with Gasteiger partial charge in [-0.2, -0.15) is 5.26 Å². The molecule has 2 aromatic heterocycles. The SMILES string of the molecule is Cc1ccc(C=Nc2oc(C)c(C)c2C#N)o1. The third kappa shape index (κ3) is 2.13. The highest BCUT2D eigenvalue weighted by Crippen LogP contribution is 2.27. The smallest absolute Gasteiger partial charge is 0.237 e.